The van der Waals surface area contributed by atoms with Gasteiger partial charge in [0.05, 0.1) is 28.9 Å². The van der Waals surface area contributed by atoms with Crippen LogP contribution in [0.4, 0.5) is 0 Å². The van der Waals surface area contributed by atoms with Crippen LogP contribution in [0.1, 0.15) is 0 Å². The van der Waals surface area contributed by atoms with E-state index < -0.39 is 0 Å². The quantitative estimate of drug-likeness (QED) is 0.198. The van der Waals surface area contributed by atoms with E-state index in [1.54, 1.807) is 12.4 Å². The van der Waals surface area contributed by atoms with Gasteiger partial charge in [-0.3, -0.25) is 18.9 Å². The molecule has 11 aromatic rings. The summed E-state index contributed by atoms with van der Waals surface area (Å²) < 4.78 is 17.0. The molecule has 6 heterocycles. The Morgan fingerprint density at radius 2 is 1.02 bits per heavy atom. The predicted octanol–water partition coefficient (Wildman–Crippen LogP) is 11.0. The van der Waals surface area contributed by atoms with Gasteiger partial charge in [-0.15, -0.1) is 0 Å². The lowest BCUT2D eigenvalue weighted by Gasteiger charge is -2.13. The highest BCUT2D eigenvalue weighted by molar-refractivity contribution is 6.07. The number of imidazole rings is 1. The highest BCUT2D eigenvalue weighted by Crippen LogP contribution is 2.39. The molecule has 11 rings (SSSR count). The third-order valence-corrected chi connectivity index (χ3v) is 9.67. The Kier molecular flexibility index (Phi) is 5.02. The Labute approximate surface area is 272 Å². The Bertz CT molecular complexity index is 2950. The Morgan fingerprint density at radius 3 is 1.67 bits per heavy atom. The average molecular weight is 617 g/mol. The molecule has 5 aromatic carbocycles. The fourth-order valence-electron chi connectivity index (χ4n) is 7.49. The number of hydrogen-bond acceptors (Lipinski definition) is 4. The van der Waals surface area contributed by atoms with Crippen LogP contribution in [0.2, 0.25) is 0 Å². The van der Waals surface area contributed by atoms with Gasteiger partial charge in [0, 0.05) is 45.0 Å². The molecule has 0 aliphatic carbocycles. The van der Waals surface area contributed by atoms with Crippen LogP contribution in [-0.2, 0) is 0 Å². The topological polar surface area (TPSA) is 61.4 Å². The average Bonchev–Trinajstić information content (AvgIpc) is 3.89. The van der Waals surface area contributed by atoms with E-state index in [1.807, 2.05) is 24.5 Å². The normalized spacial score (nSPS) is 12.2. The number of para-hydroxylation sites is 3. The Balaban J connectivity index is 1.21. The van der Waals surface area contributed by atoms with Crippen molar-refractivity contribution in [1.29, 1.82) is 0 Å². The fourth-order valence-corrected chi connectivity index (χ4v) is 7.49. The van der Waals surface area contributed by atoms with E-state index in [-0.39, 0.29) is 0 Å². The van der Waals surface area contributed by atoms with Crippen molar-refractivity contribution in [3.8, 4) is 27.9 Å². The van der Waals surface area contributed by atoms with Gasteiger partial charge in [0.15, 0.2) is 11.2 Å². The molecule has 0 N–H and O–H groups in total. The Morgan fingerprint density at radius 1 is 0.438 bits per heavy atom. The van der Waals surface area contributed by atoms with Crippen molar-refractivity contribution < 1.29 is 8.83 Å². The zero-order valence-electron chi connectivity index (χ0n) is 25.5. The van der Waals surface area contributed by atoms with E-state index >= 15 is 0 Å². The summed E-state index contributed by atoms with van der Waals surface area (Å²) in [5.74, 6) is 0. The smallest absolute Gasteiger partial charge is 0.153 e. The minimum Gasteiger partial charge on any atom is -0.454 e. The van der Waals surface area contributed by atoms with Gasteiger partial charge in [-0.05, 0) is 101 Å². The number of fused-ring (bicyclic) bond motifs is 11. The summed E-state index contributed by atoms with van der Waals surface area (Å²) in [6.07, 6.45) is 7.20. The molecule has 0 unspecified atom stereocenters. The summed E-state index contributed by atoms with van der Waals surface area (Å²) in [5.41, 5.74) is 13.4. The molecule has 6 aromatic heterocycles. The first-order valence-corrected chi connectivity index (χ1v) is 16.0. The summed E-state index contributed by atoms with van der Waals surface area (Å²) in [5, 5.41) is 5.47. The highest BCUT2D eigenvalue weighted by atomic mass is 16.3. The maximum absolute atomic E-state index is 6.13. The first-order valence-electron chi connectivity index (χ1n) is 16.0. The number of aromatic nitrogens is 4. The molecular weight excluding hydrogens is 592 g/mol. The largest absolute Gasteiger partial charge is 0.454 e. The van der Waals surface area contributed by atoms with E-state index in [2.05, 4.69) is 128 Å². The third-order valence-electron chi connectivity index (χ3n) is 9.67. The molecule has 0 radical (unpaired) electrons. The molecule has 0 spiro atoms. The summed E-state index contributed by atoms with van der Waals surface area (Å²) >= 11 is 0. The lowest BCUT2D eigenvalue weighted by molar-refractivity contribution is 0.666. The van der Waals surface area contributed by atoms with Crippen LogP contribution >= 0.6 is 0 Å². The minimum absolute atomic E-state index is 0.788. The minimum atomic E-state index is 0.788. The number of nitrogens with zero attached hydrogens (tertiary/aromatic N) is 4. The summed E-state index contributed by atoms with van der Waals surface area (Å²) in [7, 11) is 0. The van der Waals surface area contributed by atoms with Gasteiger partial charge in [-0.1, -0.05) is 42.5 Å². The third kappa shape index (κ3) is 3.57. The zero-order valence-corrected chi connectivity index (χ0v) is 25.5. The molecule has 0 bridgehead atoms. The first-order chi connectivity index (χ1) is 23.8. The monoisotopic (exact) mass is 616 g/mol. The number of benzene rings is 5. The molecule has 0 fully saturated rings. The summed E-state index contributed by atoms with van der Waals surface area (Å²) in [4.78, 5) is 8.53. The molecule has 0 saturated heterocycles. The van der Waals surface area contributed by atoms with Crippen LogP contribution in [-0.4, -0.2) is 18.9 Å². The van der Waals surface area contributed by atoms with E-state index in [4.69, 9.17) is 8.83 Å². The molecular formula is C42H24N4O2. The van der Waals surface area contributed by atoms with Gasteiger partial charge in [-0.25, -0.2) is 0 Å². The molecule has 48 heavy (non-hydrogen) atoms. The molecule has 0 saturated carbocycles. The van der Waals surface area contributed by atoms with Gasteiger partial charge >= 0.3 is 0 Å². The molecule has 0 aliphatic heterocycles. The predicted molar refractivity (Wildman–Crippen MR) is 193 cm³/mol. The molecule has 0 aliphatic rings. The number of hydrogen-bond donors (Lipinski definition) is 0. The lowest BCUT2D eigenvalue weighted by Crippen LogP contribution is -1.96. The van der Waals surface area contributed by atoms with Crippen LogP contribution in [0.15, 0.2) is 155 Å². The second kappa shape index (κ2) is 9.44. The van der Waals surface area contributed by atoms with E-state index in [9.17, 15) is 0 Å². The highest BCUT2D eigenvalue weighted by Gasteiger charge is 2.18. The van der Waals surface area contributed by atoms with Crippen molar-refractivity contribution in [3.05, 3.63) is 146 Å². The zero-order chi connectivity index (χ0) is 31.3. The second-order valence-corrected chi connectivity index (χ2v) is 12.4. The molecule has 0 amide bonds. The van der Waals surface area contributed by atoms with Gasteiger partial charge in [0.25, 0.3) is 0 Å². The van der Waals surface area contributed by atoms with Crippen molar-refractivity contribution in [2.45, 2.75) is 0 Å². The Hall–Kier alpha value is -6.66. The van der Waals surface area contributed by atoms with Gasteiger partial charge in [0.2, 0.25) is 0 Å². The SMILES string of the molecule is c1ccc2c(c1)cc1n(-c3cc(-c4ccc5oc6cnccc6c5c4)cc(-c4ccc5oc6cnccc6c5c4)c3)c3ccccc3n21. The maximum atomic E-state index is 6.13. The van der Waals surface area contributed by atoms with Crippen LogP contribution in [0.25, 0.3) is 99.4 Å². The maximum Gasteiger partial charge on any atom is 0.153 e. The molecule has 6 heteroatoms. The van der Waals surface area contributed by atoms with Crippen molar-refractivity contribution in [2.24, 2.45) is 0 Å². The van der Waals surface area contributed by atoms with Crippen LogP contribution < -0.4 is 0 Å². The standard InChI is InChI=1S/C42H24N4O2/c1-2-6-35-27(5-1)22-42-45(36-7-3-4-8-37(36)46(35)42)30-18-28(25-9-11-38-33(20-25)31-13-15-43-23-40(31)47-38)17-29(19-30)26-10-12-39-34(21-26)32-14-16-44-24-41(32)48-39/h1-24H. The van der Waals surface area contributed by atoms with Crippen LogP contribution in [0, 0.1) is 0 Å². The van der Waals surface area contributed by atoms with E-state index in [1.165, 1.54) is 16.4 Å². The van der Waals surface area contributed by atoms with E-state index in [0.717, 1.165) is 83.0 Å². The van der Waals surface area contributed by atoms with Crippen LogP contribution in [0.3, 0.4) is 0 Å². The van der Waals surface area contributed by atoms with Crippen molar-refractivity contribution in [3.63, 3.8) is 0 Å². The van der Waals surface area contributed by atoms with Crippen molar-refractivity contribution in [2.75, 3.05) is 0 Å². The first kappa shape index (κ1) is 25.5. The number of pyridine rings is 2. The van der Waals surface area contributed by atoms with Crippen molar-refractivity contribution in [1.82, 2.24) is 18.9 Å². The summed E-state index contributed by atoms with van der Waals surface area (Å²) in [6.45, 7) is 0. The van der Waals surface area contributed by atoms with E-state index in [0.29, 0.717) is 0 Å². The fraction of sp³-hybridized carbons (Fsp3) is 0. The van der Waals surface area contributed by atoms with Gasteiger partial charge in [-0.2, -0.15) is 0 Å². The van der Waals surface area contributed by atoms with Gasteiger partial charge < -0.3 is 8.83 Å². The lowest BCUT2D eigenvalue weighted by atomic mass is 9.96. The van der Waals surface area contributed by atoms with Gasteiger partial charge in [0.1, 0.15) is 16.8 Å². The number of furan rings is 2. The number of rotatable bonds is 3. The molecule has 6 nitrogen and oxygen atoms in total. The summed E-state index contributed by atoms with van der Waals surface area (Å²) in [6, 6.07) is 43.4. The molecule has 0 atom stereocenters. The molecule has 224 valence electrons. The second-order valence-electron chi connectivity index (χ2n) is 12.4. The van der Waals surface area contributed by atoms with Crippen LogP contribution in [0.5, 0.6) is 0 Å². The van der Waals surface area contributed by atoms with Crippen molar-refractivity contribution >= 4 is 71.5 Å².